The molecule has 0 saturated carbocycles. The molecule has 0 bridgehead atoms. The Kier molecular flexibility index (Phi) is 3.82. The number of hydrogen-bond acceptors (Lipinski definition) is 4. The lowest BCUT2D eigenvalue weighted by atomic mass is 10.1. The Morgan fingerprint density at radius 2 is 2.05 bits per heavy atom. The number of benzene rings is 1. The van der Waals surface area contributed by atoms with Gasteiger partial charge in [0.1, 0.15) is 17.4 Å². The molecule has 2 heterocycles. The molecule has 3 rings (SSSR count). The van der Waals surface area contributed by atoms with Crippen LogP contribution in [0.2, 0.25) is 0 Å². The van der Waals surface area contributed by atoms with Crippen LogP contribution in [-0.4, -0.2) is 31.0 Å². The van der Waals surface area contributed by atoms with E-state index in [2.05, 4.69) is 0 Å². The lowest BCUT2D eigenvalue weighted by Gasteiger charge is -2.23. The van der Waals surface area contributed by atoms with Crippen LogP contribution in [0, 0.1) is 0 Å². The maximum Gasteiger partial charge on any atom is 0.136 e. The predicted molar refractivity (Wildman–Crippen MR) is 71.0 cm³/mol. The first kappa shape index (κ1) is 12.7. The van der Waals surface area contributed by atoms with E-state index in [9.17, 15) is 5.11 Å². The Balaban J connectivity index is 1.61. The molecule has 4 nitrogen and oxygen atoms in total. The Labute approximate surface area is 111 Å². The average molecular weight is 262 g/mol. The molecule has 4 heteroatoms. The Hall–Kier alpha value is -1.36. The van der Waals surface area contributed by atoms with Crippen molar-refractivity contribution in [2.24, 2.45) is 0 Å². The summed E-state index contributed by atoms with van der Waals surface area (Å²) in [4.78, 5) is 0. The minimum absolute atomic E-state index is 0.188. The van der Waals surface area contributed by atoms with Crippen LogP contribution >= 0.6 is 0 Å². The van der Waals surface area contributed by atoms with E-state index in [1.54, 1.807) is 0 Å². The fraction of sp³-hybridized carbons (Fsp3) is 0.467. The molecule has 0 radical (unpaired) electrons. The molecule has 102 valence electrons. The van der Waals surface area contributed by atoms with Crippen LogP contribution in [0.3, 0.4) is 0 Å². The fourth-order valence-corrected chi connectivity index (χ4v) is 2.32. The zero-order valence-corrected chi connectivity index (χ0v) is 10.7. The van der Waals surface area contributed by atoms with Gasteiger partial charge in [0.15, 0.2) is 0 Å². The Morgan fingerprint density at radius 1 is 1.26 bits per heavy atom. The van der Waals surface area contributed by atoms with Gasteiger partial charge in [0, 0.05) is 18.6 Å². The van der Waals surface area contributed by atoms with Crippen LogP contribution in [0.4, 0.5) is 0 Å². The van der Waals surface area contributed by atoms with E-state index in [1.807, 2.05) is 30.3 Å². The van der Waals surface area contributed by atoms with Gasteiger partial charge in [0.05, 0.1) is 12.7 Å². The molecule has 1 atom stereocenters. The molecule has 1 aliphatic rings. The van der Waals surface area contributed by atoms with Gasteiger partial charge in [0.2, 0.25) is 0 Å². The highest BCUT2D eigenvalue weighted by atomic mass is 16.5. The van der Waals surface area contributed by atoms with Crippen molar-refractivity contribution < 1.29 is 19.0 Å². The third-order valence-corrected chi connectivity index (χ3v) is 3.43. The summed E-state index contributed by atoms with van der Waals surface area (Å²) in [6, 6.07) is 9.60. The molecule has 1 aliphatic heterocycles. The topological polar surface area (TPSA) is 51.8 Å². The summed E-state index contributed by atoms with van der Waals surface area (Å²) >= 11 is 0. The second kappa shape index (κ2) is 5.74. The lowest BCUT2D eigenvalue weighted by Crippen LogP contribution is -2.25. The van der Waals surface area contributed by atoms with Crippen molar-refractivity contribution in [2.45, 2.75) is 25.0 Å². The first-order valence-electron chi connectivity index (χ1n) is 6.69. The third-order valence-electron chi connectivity index (χ3n) is 3.43. The highest BCUT2D eigenvalue weighted by Gasteiger charge is 2.18. The Morgan fingerprint density at radius 3 is 2.84 bits per heavy atom. The number of rotatable bonds is 4. The number of hydrogen-bond donors (Lipinski definition) is 1. The molecule has 19 heavy (non-hydrogen) atoms. The van der Waals surface area contributed by atoms with Crippen molar-refractivity contribution >= 4 is 11.0 Å². The average Bonchev–Trinajstić information content (AvgIpc) is 2.90. The molecule has 1 fully saturated rings. The molecule has 2 aromatic rings. The van der Waals surface area contributed by atoms with E-state index < -0.39 is 6.10 Å². The molecule has 1 unspecified atom stereocenters. The third kappa shape index (κ3) is 2.97. The summed E-state index contributed by atoms with van der Waals surface area (Å²) in [5.41, 5.74) is 0.794. The minimum atomic E-state index is -0.713. The highest BCUT2D eigenvalue weighted by Crippen LogP contribution is 2.24. The predicted octanol–water partition coefficient (Wildman–Crippen LogP) is 2.66. The second-order valence-electron chi connectivity index (χ2n) is 4.85. The number of fused-ring (bicyclic) bond motifs is 1. The minimum Gasteiger partial charge on any atom is -0.458 e. The molecule has 0 amide bonds. The van der Waals surface area contributed by atoms with Gasteiger partial charge in [-0.1, -0.05) is 18.2 Å². The van der Waals surface area contributed by atoms with Gasteiger partial charge < -0.3 is 19.0 Å². The van der Waals surface area contributed by atoms with Crippen molar-refractivity contribution in [3.63, 3.8) is 0 Å². The van der Waals surface area contributed by atoms with Crippen molar-refractivity contribution in [3.05, 3.63) is 36.1 Å². The summed E-state index contributed by atoms with van der Waals surface area (Å²) in [5.74, 6) is 0.563. The first-order chi connectivity index (χ1) is 9.33. The number of para-hydroxylation sites is 1. The van der Waals surface area contributed by atoms with E-state index in [1.165, 1.54) is 0 Å². The largest absolute Gasteiger partial charge is 0.458 e. The van der Waals surface area contributed by atoms with Crippen LogP contribution in [0.1, 0.15) is 24.7 Å². The van der Waals surface area contributed by atoms with Crippen LogP contribution in [-0.2, 0) is 9.47 Å². The van der Waals surface area contributed by atoms with Crippen molar-refractivity contribution in [1.82, 2.24) is 0 Å². The Bertz CT molecular complexity index is 495. The lowest BCUT2D eigenvalue weighted by molar-refractivity contribution is -0.0630. The fourth-order valence-electron chi connectivity index (χ4n) is 2.32. The molecule has 1 aromatic carbocycles. The van der Waals surface area contributed by atoms with Gasteiger partial charge >= 0.3 is 0 Å². The van der Waals surface area contributed by atoms with E-state index in [0.717, 1.165) is 37.0 Å². The second-order valence-corrected chi connectivity index (χ2v) is 4.85. The van der Waals surface area contributed by atoms with Gasteiger partial charge in [-0.05, 0) is 25.0 Å². The summed E-state index contributed by atoms with van der Waals surface area (Å²) in [6.45, 7) is 1.75. The van der Waals surface area contributed by atoms with E-state index in [-0.39, 0.29) is 12.7 Å². The maximum atomic E-state index is 10.1. The van der Waals surface area contributed by atoms with Gasteiger partial charge in [-0.15, -0.1) is 0 Å². The van der Waals surface area contributed by atoms with E-state index in [4.69, 9.17) is 13.9 Å². The quantitative estimate of drug-likeness (QED) is 0.920. The van der Waals surface area contributed by atoms with Gasteiger partial charge in [-0.2, -0.15) is 0 Å². The zero-order chi connectivity index (χ0) is 13.1. The molecule has 0 aliphatic carbocycles. The summed E-state index contributed by atoms with van der Waals surface area (Å²) < 4.78 is 16.6. The molecule has 1 N–H and O–H groups in total. The standard InChI is InChI=1S/C15H18O4/c16-13(10-18-12-5-7-17-8-6-12)15-9-11-3-1-2-4-14(11)19-15/h1-4,9,12-13,16H,5-8,10H2. The summed E-state index contributed by atoms with van der Waals surface area (Å²) in [6.07, 6.45) is 1.27. The summed E-state index contributed by atoms with van der Waals surface area (Å²) in [7, 11) is 0. The number of furan rings is 1. The van der Waals surface area contributed by atoms with Crippen LogP contribution in [0.15, 0.2) is 34.7 Å². The highest BCUT2D eigenvalue weighted by molar-refractivity contribution is 5.77. The summed E-state index contributed by atoms with van der Waals surface area (Å²) in [5, 5.41) is 11.1. The van der Waals surface area contributed by atoms with Crippen molar-refractivity contribution in [1.29, 1.82) is 0 Å². The van der Waals surface area contributed by atoms with E-state index >= 15 is 0 Å². The van der Waals surface area contributed by atoms with Crippen LogP contribution < -0.4 is 0 Å². The number of aliphatic hydroxyl groups excluding tert-OH is 1. The monoisotopic (exact) mass is 262 g/mol. The SMILES string of the molecule is OC(COC1CCOCC1)c1cc2ccccc2o1. The van der Waals surface area contributed by atoms with E-state index in [0.29, 0.717) is 5.76 Å². The molecule has 1 aromatic heterocycles. The number of aliphatic hydroxyl groups is 1. The van der Waals surface area contributed by atoms with Gasteiger partial charge in [-0.25, -0.2) is 0 Å². The molecular formula is C15H18O4. The van der Waals surface area contributed by atoms with Crippen LogP contribution in [0.5, 0.6) is 0 Å². The van der Waals surface area contributed by atoms with Gasteiger partial charge in [0.25, 0.3) is 0 Å². The van der Waals surface area contributed by atoms with Crippen molar-refractivity contribution in [3.8, 4) is 0 Å². The maximum absolute atomic E-state index is 10.1. The zero-order valence-electron chi connectivity index (χ0n) is 10.7. The van der Waals surface area contributed by atoms with Gasteiger partial charge in [-0.3, -0.25) is 0 Å². The number of ether oxygens (including phenoxy) is 2. The van der Waals surface area contributed by atoms with Crippen LogP contribution in [0.25, 0.3) is 11.0 Å². The smallest absolute Gasteiger partial charge is 0.136 e. The molecule has 1 saturated heterocycles. The molecule has 0 spiro atoms. The molecular weight excluding hydrogens is 244 g/mol. The van der Waals surface area contributed by atoms with Crippen molar-refractivity contribution in [2.75, 3.05) is 19.8 Å². The normalized spacial score (nSPS) is 18.8. The first-order valence-corrected chi connectivity index (χ1v) is 6.69.